The molecule has 28 heavy (non-hydrogen) atoms. The second kappa shape index (κ2) is 7.49. The van der Waals surface area contributed by atoms with Gasteiger partial charge in [-0.1, -0.05) is 48.0 Å². The summed E-state index contributed by atoms with van der Waals surface area (Å²) >= 11 is 12.3. The molecule has 1 saturated heterocycles. The number of halogens is 2. The molecule has 0 radical (unpaired) electrons. The third-order valence-corrected chi connectivity index (χ3v) is 5.92. The highest BCUT2D eigenvalue weighted by molar-refractivity contribution is 6.42. The molecule has 0 bridgehead atoms. The van der Waals surface area contributed by atoms with Crippen molar-refractivity contribution in [1.82, 2.24) is 10.2 Å². The van der Waals surface area contributed by atoms with Crippen molar-refractivity contribution in [2.75, 3.05) is 0 Å². The fourth-order valence-electron chi connectivity index (χ4n) is 3.59. The molecule has 1 N–H and O–H groups in total. The number of nitrogens with one attached hydrogen (secondary N) is 1. The summed E-state index contributed by atoms with van der Waals surface area (Å²) in [7, 11) is 0. The van der Waals surface area contributed by atoms with Gasteiger partial charge in [0.05, 0.1) is 16.6 Å². The molecule has 5 nitrogen and oxygen atoms in total. The standard InChI is InChI=1S/C21H18Cl2N2O3/c1-12-8-9-17(20(26)24-12)25-10-15-14(21(25)27)5-3-7-18(15)28-11-13-4-2-6-16(22)19(13)23/h2-7,17H,1,8-11H2,(H,24,26). The van der Waals surface area contributed by atoms with Gasteiger partial charge in [0.25, 0.3) is 5.91 Å². The van der Waals surface area contributed by atoms with Gasteiger partial charge in [0.2, 0.25) is 5.91 Å². The normalized spacial score (nSPS) is 18.9. The van der Waals surface area contributed by atoms with E-state index in [1.165, 1.54) is 0 Å². The molecular formula is C21H18Cl2N2O3. The van der Waals surface area contributed by atoms with Crippen molar-refractivity contribution in [2.24, 2.45) is 0 Å². The number of amides is 2. The highest BCUT2D eigenvalue weighted by atomic mass is 35.5. The average molecular weight is 417 g/mol. The minimum absolute atomic E-state index is 0.158. The largest absolute Gasteiger partial charge is 0.488 e. The van der Waals surface area contributed by atoms with E-state index in [0.29, 0.717) is 46.4 Å². The molecule has 1 fully saturated rings. The van der Waals surface area contributed by atoms with Crippen LogP contribution in [0.15, 0.2) is 48.7 Å². The maximum absolute atomic E-state index is 12.9. The van der Waals surface area contributed by atoms with E-state index < -0.39 is 6.04 Å². The molecule has 2 amide bonds. The summed E-state index contributed by atoms with van der Waals surface area (Å²) in [6, 6.07) is 10.2. The number of carbonyl (C=O) groups is 2. The van der Waals surface area contributed by atoms with Crippen LogP contribution in [0.2, 0.25) is 10.0 Å². The predicted molar refractivity (Wildman–Crippen MR) is 107 cm³/mol. The summed E-state index contributed by atoms with van der Waals surface area (Å²) in [5.74, 6) is 0.254. The summed E-state index contributed by atoms with van der Waals surface area (Å²) in [5.41, 5.74) is 2.79. The van der Waals surface area contributed by atoms with Crippen molar-refractivity contribution < 1.29 is 14.3 Å². The summed E-state index contributed by atoms with van der Waals surface area (Å²) in [4.78, 5) is 26.8. The van der Waals surface area contributed by atoms with E-state index in [-0.39, 0.29) is 18.4 Å². The van der Waals surface area contributed by atoms with Gasteiger partial charge in [-0.15, -0.1) is 0 Å². The quantitative estimate of drug-likeness (QED) is 0.806. The fourth-order valence-corrected chi connectivity index (χ4v) is 3.96. The highest BCUT2D eigenvalue weighted by Crippen LogP contribution is 2.35. The van der Waals surface area contributed by atoms with Crippen LogP contribution in [0.25, 0.3) is 0 Å². The van der Waals surface area contributed by atoms with E-state index in [2.05, 4.69) is 11.9 Å². The molecule has 2 heterocycles. The fraction of sp³-hybridized carbons (Fsp3) is 0.238. The van der Waals surface area contributed by atoms with E-state index in [1.807, 2.05) is 18.2 Å². The predicted octanol–water partition coefficient (Wildman–Crippen LogP) is 4.32. The van der Waals surface area contributed by atoms with Crippen LogP contribution in [0.5, 0.6) is 5.75 Å². The van der Waals surface area contributed by atoms with Crippen LogP contribution >= 0.6 is 23.2 Å². The van der Waals surface area contributed by atoms with Crippen LogP contribution in [0.4, 0.5) is 0 Å². The van der Waals surface area contributed by atoms with E-state index in [9.17, 15) is 9.59 Å². The van der Waals surface area contributed by atoms with Crippen LogP contribution < -0.4 is 10.1 Å². The van der Waals surface area contributed by atoms with E-state index in [1.54, 1.807) is 23.1 Å². The first-order valence-corrected chi connectivity index (χ1v) is 9.68. The van der Waals surface area contributed by atoms with Gasteiger partial charge in [0, 0.05) is 22.4 Å². The first-order valence-electron chi connectivity index (χ1n) is 8.93. The minimum atomic E-state index is -0.499. The SMILES string of the molecule is C=C1CCC(N2Cc3c(OCc4cccc(Cl)c4Cl)cccc3C2=O)C(=O)N1. The Balaban J connectivity index is 1.55. The zero-order valence-corrected chi connectivity index (χ0v) is 16.5. The topological polar surface area (TPSA) is 58.6 Å². The van der Waals surface area contributed by atoms with Gasteiger partial charge >= 0.3 is 0 Å². The Hall–Kier alpha value is -2.50. The third kappa shape index (κ3) is 3.36. The highest BCUT2D eigenvalue weighted by Gasteiger charge is 2.39. The van der Waals surface area contributed by atoms with Crippen molar-refractivity contribution in [3.63, 3.8) is 0 Å². The number of hydrogen-bond acceptors (Lipinski definition) is 3. The van der Waals surface area contributed by atoms with E-state index in [4.69, 9.17) is 27.9 Å². The number of hydrogen-bond donors (Lipinski definition) is 1. The summed E-state index contributed by atoms with van der Waals surface area (Å²) in [5, 5.41) is 3.66. The first kappa shape index (κ1) is 18.8. The van der Waals surface area contributed by atoms with Gasteiger partial charge in [0.15, 0.2) is 0 Å². The van der Waals surface area contributed by atoms with Crippen molar-refractivity contribution in [2.45, 2.75) is 32.0 Å². The van der Waals surface area contributed by atoms with Crippen molar-refractivity contribution in [3.05, 3.63) is 75.4 Å². The Labute approximate surface area is 172 Å². The van der Waals surface area contributed by atoms with Gasteiger partial charge in [-0.2, -0.15) is 0 Å². The summed E-state index contributed by atoms with van der Waals surface area (Å²) in [6.45, 7) is 4.35. The van der Waals surface area contributed by atoms with Gasteiger partial charge in [-0.25, -0.2) is 0 Å². The van der Waals surface area contributed by atoms with E-state index >= 15 is 0 Å². The Morgan fingerprint density at radius 2 is 1.96 bits per heavy atom. The molecular weight excluding hydrogens is 399 g/mol. The van der Waals surface area contributed by atoms with Crippen LogP contribution in [0.3, 0.4) is 0 Å². The molecule has 0 saturated carbocycles. The molecule has 1 unspecified atom stereocenters. The van der Waals surface area contributed by atoms with Crippen LogP contribution in [-0.2, 0) is 17.9 Å². The number of rotatable bonds is 4. The maximum Gasteiger partial charge on any atom is 0.255 e. The minimum Gasteiger partial charge on any atom is -0.488 e. The van der Waals surface area contributed by atoms with Crippen molar-refractivity contribution in [3.8, 4) is 5.75 Å². The third-order valence-electron chi connectivity index (χ3n) is 5.07. The molecule has 2 aliphatic heterocycles. The van der Waals surface area contributed by atoms with Gasteiger partial charge < -0.3 is 15.0 Å². The monoisotopic (exact) mass is 416 g/mol. The lowest BCUT2D eigenvalue weighted by atomic mass is 10.0. The number of allylic oxidation sites excluding steroid dienone is 1. The Morgan fingerprint density at radius 3 is 2.75 bits per heavy atom. The molecule has 2 aromatic rings. The summed E-state index contributed by atoms with van der Waals surface area (Å²) < 4.78 is 5.96. The number of piperidine rings is 1. The lowest BCUT2D eigenvalue weighted by Gasteiger charge is -2.31. The lowest BCUT2D eigenvalue weighted by Crippen LogP contribution is -2.49. The zero-order chi connectivity index (χ0) is 19.8. The van der Waals surface area contributed by atoms with Crippen LogP contribution in [0.1, 0.15) is 34.3 Å². The number of nitrogens with zero attached hydrogens (tertiary/aromatic N) is 1. The molecule has 1 atom stereocenters. The smallest absolute Gasteiger partial charge is 0.255 e. The molecule has 7 heteroatoms. The second-order valence-electron chi connectivity index (χ2n) is 6.86. The maximum atomic E-state index is 12.9. The Bertz CT molecular complexity index is 990. The summed E-state index contributed by atoms with van der Waals surface area (Å²) in [6.07, 6.45) is 1.23. The van der Waals surface area contributed by atoms with Crippen molar-refractivity contribution >= 4 is 35.0 Å². The van der Waals surface area contributed by atoms with Crippen molar-refractivity contribution in [1.29, 1.82) is 0 Å². The van der Waals surface area contributed by atoms with Crippen LogP contribution in [0, 0.1) is 0 Å². The Morgan fingerprint density at radius 1 is 1.18 bits per heavy atom. The molecule has 2 aliphatic rings. The number of fused-ring (bicyclic) bond motifs is 1. The number of carbonyl (C=O) groups excluding carboxylic acids is 2. The van der Waals surface area contributed by atoms with E-state index in [0.717, 1.165) is 11.1 Å². The lowest BCUT2D eigenvalue weighted by molar-refractivity contribution is -0.126. The Kier molecular flexibility index (Phi) is 5.04. The molecule has 4 rings (SSSR count). The second-order valence-corrected chi connectivity index (χ2v) is 7.65. The first-order chi connectivity index (χ1) is 13.5. The molecule has 2 aromatic carbocycles. The average Bonchev–Trinajstić information content (AvgIpc) is 3.00. The van der Waals surface area contributed by atoms with Gasteiger partial charge in [-0.05, 0) is 31.0 Å². The molecule has 0 aromatic heterocycles. The number of benzene rings is 2. The van der Waals surface area contributed by atoms with Gasteiger partial charge in [0.1, 0.15) is 18.4 Å². The van der Waals surface area contributed by atoms with Crippen LogP contribution in [-0.4, -0.2) is 22.8 Å². The van der Waals surface area contributed by atoms with Gasteiger partial charge in [-0.3, -0.25) is 9.59 Å². The zero-order valence-electron chi connectivity index (χ0n) is 15.0. The molecule has 144 valence electrons. The molecule has 0 aliphatic carbocycles. The molecule has 0 spiro atoms. The number of ether oxygens (including phenoxy) is 1.